The highest BCUT2D eigenvalue weighted by atomic mass is 35.5. The van der Waals surface area contributed by atoms with Crippen LogP contribution in [0.5, 0.6) is 0 Å². The standard InChI is InChI=1S/C12H12ClN3OS2/c1-8-15-16-12(19-8)18-7-11(17)14-6-9-3-2-4-10(13)5-9/h2-5H,6-7H2,1H3,(H,14,17). The highest BCUT2D eigenvalue weighted by Crippen LogP contribution is 2.21. The Hall–Kier alpha value is -1.11. The lowest BCUT2D eigenvalue weighted by molar-refractivity contribution is -0.118. The Kier molecular flexibility index (Phi) is 5.18. The summed E-state index contributed by atoms with van der Waals surface area (Å²) in [5.41, 5.74) is 0.984. The molecule has 1 amide bonds. The molecule has 0 spiro atoms. The summed E-state index contributed by atoms with van der Waals surface area (Å²) in [5.74, 6) is 0.313. The second-order valence-corrected chi connectivity index (χ2v) is 6.62. The van der Waals surface area contributed by atoms with E-state index in [-0.39, 0.29) is 5.91 Å². The van der Waals surface area contributed by atoms with Gasteiger partial charge in [0.1, 0.15) is 5.01 Å². The number of carbonyl (C=O) groups is 1. The predicted octanol–water partition coefficient (Wildman–Crippen LogP) is 2.91. The Balaban J connectivity index is 1.75. The molecule has 100 valence electrons. The molecule has 1 N–H and O–H groups in total. The molecule has 19 heavy (non-hydrogen) atoms. The van der Waals surface area contributed by atoms with Crippen molar-refractivity contribution in [2.75, 3.05) is 5.75 Å². The lowest BCUT2D eigenvalue weighted by Gasteiger charge is -2.04. The normalized spacial score (nSPS) is 10.4. The van der Waals surface area contributed by atoms with Crippen LogP contribution in [0.2, 0.25) is 5.02 Å². The number of benzene rings is 1. The van der Waals surface area contributed by atoms with Crippen molar-refractivity contribution in [3.05, 3.63) is 39.9 Å². The number of nitrogens with zero attached hydrogens (tertiary/aromatic N) is 2. The van der Waals surface area contributed by atoms with Gasteiger partial charge in [0, 0.05) is 11.6 Å². The summed E-state index contributed by atoms with van der Waals surface area (Å²) in [6, 6.07) is 7.43. The van der Waals surface area contributed by atoms with Crippen molar-refractivity contribution in [2.24, 2.45) is 0 Å². The molecule has 0 fully saturated rings. The van der Waals surface area contributed by atoms with E-state index >= 15 is 0 Å². The Bertz CT molecular complexity index is 574. The van der Waals surface area contributed by atoms with Crippen LogP contribution >= 0.6 is 34.7 Å². The minimum Gasteiger partial charge on any atom is -0.351 e. The van der Waals surface area contributed by atoms with Gasteiger partial charge in [-0.05, 0) is 24.6 Å². The molecule has 4 nitrogen and oxygen atoms in total. The molecule has 1 heterocycles. The number of aromatic nitrogens is 2. The molecule has 0 saturated heterocycles. The topological polar surface area (TPSA) is 54.9 Å². The minimum absolute atomic E-state index is 0.0298. The number of carbonyl (C=O) groups excluding carboxylic acids is 1. The Morgan fingerprint density at radius 3 is 3.00 bits per heavy atom. The van der Waals surface area contributed by atoms with Crippen LogP contribution in [0.3, 0.4) is 0 Å². The number of rotatable bonds is 5. The van der Waals surface area contributed by atoms with Gasteiger partial charge in [-0.2, -0.15) is 0 Å². The molecule has 0 aliphatic carbocycles. The molecule has 7 heteroatoms. The first-order chi connectivity index (χ1) is 9.13. The van der Waals surface area contributed by atoms with Gasteiger partial charge in [-0.15, -0.1) is 10.2 Å². The van der Waals surface area contributed by atoms with Crippen molar-refractivity contribution in [3.8, 4) is 0 Å². The molecule has 0 aliphatic rings. The average molecular weight is 314 g/mol. The zero-order chi connectivity index (χ0) is 13.7. The summed E-state index contributed by atoms with van der Waals surface area (Å²) in [6.07, 6.45) is 0. The number of hydrogen-bond acceptors (Lipinski definition) is 5. The number of thioether (sulfide) groups is 1. The molecule has 0 bridgehead atoms. The predicted molar refractivity (Wildman–Crippen MR) is 78.7 cm³/mol. The maximum absolute atomic E-state index is 11.7. The van der Waals surface area contributed by atoms with Crippen LogP contribution in [-0.4, -0.2) is 21.9 Å². The van der Waals surface area contributed by atoms with Crippen LogP contribution < -0.4 is 5.32 Å². The molecular weight excluding hydrogens is 302 g/mol. The molecule has 0 radical (unpaired) electrons. The first-order valence-corrected chi connectivity index (χ1v) is 7.75. The molecule has 0 atom stereocenters. The third kappa shape index (κ3) is 4.81. The summed E-state index contributed by atoms with van der Waals surface area (Å²) < 4.78 is 0.815. The Morgan fingerprint density at radius 2 is 2.32 bits per heavy atom. The van der Waals surface area contributed by atoms with E-state index in [4.69, 9.17) is 11.6 Å². The molecule has 0 saturated carbocycles. The van der Waals surface area contributed by atoms with E-state index in [1.165, 1.54) is 23.1 Å². The number of amides is 1. The largest absolute Gasteiger partial charge is 0.351 e. The maximum Gasteiger partial charge on any atom is 0.230 e. The van der Waals surface area contributed by atoms with E-state index in [2.05, 4.69) is 15.5 Å². The third-order valence-corrected chi connectivity index (χ3v) is 4.42. The van der Waals surface area contributed by atoms with Gasteiger partial charge >= 0.3 is 0 Å². The van der Waals surface area contributed by atoms with Crippen LogP contribution in [0.1, 0.15) is 10.6 Å². The van der Waals surface area contributed by atoms with Crippen LogP contribution in [0.15, 0.2) is 28.6 Å². The van der Waals surface area contributed by atoms with E-state index in [1.807, 2.05) is 25.1 Å². The van der Waals surface area contributed by atoms with E-state index < -0.39 is 0 Å². The average Bonchev–Trinajstić information content (AvgIpc) is 2.80. The van der Waals surface area contributed by atoms with Crippen molar-refractivity contribution in [3.63, 3.8) is 0 Å². The van der Waals surface area contributed by atoms with Gasteiger partial charge in [-0.25, -0.2) is 0 Å². The summed E-state index contributed by atoms with van der Waals surface area (Å²) in [7, 11) is 0. The zero-order valence-corrected chi connectivity index (χ0v) is 12.6. The monoisotopic (exact) mass is 313 g/mol. The van der Waals surface area contributed by atoms with Crippen molar-refractivity contribution < 1.29 is 4.79 Å². The van der Waals surface area contributed by atoms with Gasteiger partial charge in [-0.3, -0.25) is 4.79 Å². The third-order valence-electron chi connectivity index (χ3n) is 2.21. The first kappa shape index (κ1) is 14.3. The van der Waals surface area contributed by atoms with Crippen molar-refractivity contribution >= 4 is 40.6 Å². The van der Waals surface area contributed by atoms with E-state index in [0.29, 0.717) is 17.3 Å². The van der Waals surface area contributed by atoms with Gasteiger partial charge in [0.15, 0.2) is 4.34 Å². The van der Waals surface area contributed by atoms with Crippen molar-refractivity contribution in [2.45, 2.75) is 17.8 Å². The quantitative estimate of drug-likeness (QED) is 0.862. The molecule has 1 aromatic carbocycles. The highest BCUT2D eigenvalue weighted by Gasteiger charge is 2.06. The Labute approximate surface area is 124 Å². The summed E-state index contributed by atoms with van der Waals surface area (Å²) in [4.78, 5) is 11.7. The van der Waals surface area contributed by atoms with Gasteiger partial charge in [-0.1, -0.05) is 46.8 Å². The fourth-order valence-electron chi connectivity index (χ4n) is 1.36. The van der Waals surface area contributed by atoms with Gasteiger partial charge in [0.2, 0.25) is 5.91 Å². The fourth-order valence-corrected chi connectivity index (χ4v) is 3.22. The second-order valence-electron chi connectivity index (χ2n) is 3.78. The van der Waals surface area contributed by atoms with Gasteiger partial charge in [0.25, 0.3) is 0 Å². The lowest BCUT2D eigenvalue weighted by Crippen LogP contribution is -2.24. The second kappa shape index (κ2) is 6.88. The zero-order valence-electron chi connectivity index (χ0n) is 10.2. The highest BCUT2D eigenvalue weighted by molar-refractivity contribution is 8.01. The van der Waals surface area contributed by atoms with E-state index in [0.717, 1.165) is 14.9 Å². The SMILES string of the molecule is Cc1nnc(SCC(=O)NCc2cccc(Cl)c2)s1. The van der Waals surface area contributed by atoms with Crippen LogP contribution in [-0.2, 0) is 11.3 Å². The van der Waals surface area contributed by atoms with Gasteiger partial charge < -0.3 is 5.32 Å². The number of aryl methyl sites for hydroxylation is 1. The van der Waals surface area contributed by atoms with Crippen molar-refractivity contribution in [1.82, 2.24) is 15.5 Å². The van der Waals surface area contributed by atoms with E-state index in [1.54, 1.807) is 6.07 Å². The van der Waals surface area contributed by atoms with E-state index in [9.17, 15) is 4.79 Å². The maximum atomic E-state index is 11.7. The molecule has 2 rings (SSSR count). The first-order valence-electron chi connectivity index (χ1n) is 5.57. The van der Waals surface area contributed by atoms with Crippen LogP contribution in [0.4, 0.5) is 0 Å². The Morgan fingerprint density at radius 1 is 1.47 bits per heavy atom. The fraction of sp³-hybridized carbons (Fsp3) is 0.250. The molecule has 0 unspecified atom stereocenters. The molecular formula is C12H12ClN3OS2. The molecule has 1 aromatic heterocycles. The number of hydrogen-bond donors (Lipinski definition) is 1. The molecule has 0 aliphatic heterocycles. The summed E-state index contributed by atoms with van der Waals surface area (Å²) in [6.45, 7) is 2.37. The van der Waals surface area contributed by atoms with Crippen LogP contribution in [0, 0.1) is 6.92 Å². The van der Waals surface area contributed by atoms with Crippen molar-refractivity contribution in [1.29, 1.82) is 0 Å². The lowest BCUT2D eigenvalue weighted by atomic mass is 10.2. The van der Waals surface area contributed by atoms with Crippen LogP contribution in [0.25, 0.3) is 0 Å². The number of halogens is 1. The summed E-state index contributed by atoms with van der Waals surface area (Å²) >= 11 is 8.76. The number of nitrogens with one attached hydrogen (secondary N) is 1. The van der Waals surface area contributed by atoms with Gasteiger partial charge in [0.05, 0.1) is 5.75 Å². The molecule has 2 aromatic rings. The summed E-state index contributed by atoms with van der Waals surface area (Å²) in [5, 5.41) is 12.3. The minimum atomic E-state index is -0.0298. The smallest absolute Gasteiger partial charge is 0.230 e.